The largest absolute Gasteiger partial charge is 0.499 e. The van der Waals surface area contributed by atoms with Crippen molar-refractivity contribution in [3.63, 3.8) is 0 Å². The minimum atomic E-state index is -0.840. The summed E-state index contributed by atoms with van der Waals surface area (Å²) < 4.78 is 30.6. The van der Waals surface area contributed by atoms with Gasteiger partial charge in [-0.3, -0.25) is 0 Å². The van der Waals surface area contributed by atoms with Gasteiger partial charge in [-0.15, -0.1) is 0 Å². The Balaban J connectivity index is 1.39. The first-order chi connectivity index (χ1) is 16.7. The third-order valence-electron chi connectivity index (χ3n) is 11.3. The molecule has 3 saturated carbocycles. The maximum Gasteiger partial charge on any atom is 0.226 e. The standard InChI is InChI=1S/C28H45NO6/c1-6-32-19-7-9-25(2)22(12-19)18(14-29(4)5)11-20-21-8-10-27(26(21,3)13-23(30)24(20)25)28(35-17-33-27)15-31-16-34-28/h12,18,20-24,30H,6-11,13-17H2,1-5H3/t18?,20-,21+,22?,23?,24-,25-,26-,27+,28?/m0/s1. The Morgan fingerprint density at radius 2 is 1.94 bits per heavy atom. The number of aliphatic hydroxyl groups is 1. The summed E-state index contributed by atoms with van der Waals surface area (Å²) in [6.45, 7) is 9.58. The van der Waals surface area contributed by atoms with Crippen LogP contribution in [0.3, 0.4) is 0 Å². The molecule has 6 rings (SSSR count). The van der Waals surface area contributed by atoms with Gasteiger partial charge in [-0.2, -0.15) is 0 Å². The zero-order valence-corrected chi connectivity index (χ0v) is 22.3. The Labute approximate surface area is 210 Å². The van der Waals surface area contributed by atoms with E-state index in [1.54, 1.807) is 0 Å². The van der Waals surface area contributed by atoms with Gasteiger partial charge in [0, 0.05) is 18.4 Å². The highest BCUT2D eigenvalue weighted by molar-refractivity contribution is 5.24. The lowest BCUT2D eigenvalue weighted by molar-refractivity contribution is -0.263. The van der Waals surface area contributed by atoms with E-state index in [-0.39, 0.29) is 36.4 Å². The number of aliphatic hydroxyl groups excluding tert-OH is 1. The first-order valence-corrected chi connectivity index (χ1v) is 13.9. The molecule has 198 valence electrons. The topological polar surface area (TPSA) is 69.6 Å². The van der Waals surface area contributed by atoms with E-state index >= 15 is 0 Å². The smallest absolute Gasteiger partial charge is 0.226 e. The molecule has 2 spiro atoms. The van der Waals surface area contributed by atoms with Gasteiger partial charge in [0.05, 0.1) is 18.5 Å². The van der Waals surface area contributed by atoms with Crippen LogP contribution in [0.4, 0.5) is 0 Å². The van der Waals surface area contributed by atoms with Crippen LogP contribution in [0.15, 0.2) is 11.8 Å². The van der Waals surface area contributed by atoms with Gasteiger partial charge in [0.2, 0.25) is 5.79 Å². The third-order valence-corrected chi connectivity index (χ3v) is 11.3. The van der Waals surface area contributed by atoms with Crippen molar-refractivity contribution in [1.29, 1.82) is 0 Å². The average molecular weight is 492 g/mol. The molecule has 35 heavy (non-hydrogen) atoms. The van der Waals surface area contributed by atoms with Crippen LogP contribution >= 0.6 is 0 Å². The second-order valence-electron chi connectivity index (χ2n) is 13.0. The average Bonchev–Trinajstić information content (AvgIpc) is 3.49. The highest BCUT2D eigenvalue weighted by Crippen LogP contribution is 2.72. The maximum absolute atomic E-state index is 12.0. The van der Waals surface area contributed by atoms with E-state index < -0.39 is 11.4 Å². The zero-order chi connectivity index (χ0) is 24.6. The van der Waals surface area contributed by atoms with Crippen molar-refractivity contribution in [1.82, 2.24) is 4.90 Å². The van der Waals surface area contributed by atoms with Crippen LogP contribution in [-0.4, -0.2) is 74.9 Å². The summed E-state index contributed by atoms with van der Waals surface area (Å²) in [7, 11) is 4.38. The fraction of sp³-hybridized carbons (Fsp3) is 0.929. The van der Waals surface area contributed by atoms with Gasteiger partial charge < -0.3 is 33.7 Å². The Bertz CT molecular complexity index is 851. The molecule has 5 fully saturated rings. The highest BCUT2D eigenvalue weighted by atomic mass is 16.9. The lowest BCUT2D eigenvalue weighted by atomic mass is 9.42. The molecule has 0 bridgehead atoms. The number of rotatable bonds is 4. The summed E-state index contributed by atoms with van der Waals surface area (Å²) in [4.78, 5) is 2.34. The van der Waals surface area contributed by atoms with Crippen LogP contribution in [0.2, 0.25) is 0 Å². The Morgan fingerprint density at radius 1 is 1.14 bits per heavy atom. The maximum atomic E-state index is 12.0. The van der Waals surface area contributed by atoms with E-state index in [1.807, 2.05) is 0 Å². The van der Waals surface area contributed by atoms with Crippen molar-refractivity contribution in [2.75, 3.05) is 47.4 Å². The number of hydrogen-bond acceptors (Lipinski definition) is 7. The molecule has 1 N–H and O–H groups in total. The van der Waals surface area contributed by atoms with Crippen LogP contribution in [0.1, 0.15) is 59.3 Å². The fourth-order valence-corrected chi connectivity index (χ4v) is 10.1. The summed E-state index contributed by atoms with van der Waals surface area (Å²) in [5, 5.41) is 12.0. The SMILES string of the molecule is CCOC1=CC2C(CN(C)C)C[C@@H]3[C@@H](C(O)C[C@@]4(C)[C@@H]3CC[C@@]43OCOC34COCO4)[C@@]2(C)CC1. The molecule has 2 saturated heterocycles. The molecule has 7 nitrogen and oxygen atoms in total. The summed E-state index contributed by atoms with van der Waals surface area (Å²) in [6.07, 6.45) is 8.00. The Morgan fingerprint density at radius 3 is 2.66 bits per heavy atom. The molecule has 0 aromatic rings. The predicted molar refractivity (Wildman–Crippen MR) is 130 cm³/mol. The van der Waals surface area contributed by atoms with Crippen molar-refractivity contribution in [3.05, 3.63) is 11.8 Å². The number of allylic oxidation sites excluding steroid dienone is 2. The molecule has 4 unspecified atom stereocenters. The minimum Gasteiger partial charge on any atom is -0.499 e. The molecule has 10 atom stereocenters. The van der Waals surface area contributed by atoms with Crippen LogP contribution in [0.25, 0.3) is 0 Å². The van der Waals surface area contributed by atoms with Crippen LogP contribution in [-0.2, 0) is 23.7 Å². The van der Waals surface area contributed by atoms with Gasteiger partial charge in [-0.05, 0) is 94.2 Å². The molecule has 0 amide bonds. The van der Waals surface area contributed by atoms with E-state index in [1.165, 1.54) is 0 Å². The van der Waals surface area contributed by atoms with Crippen molar-refractivity contribution in [2.45, 2.75) is 76.8 Å². The Kier molecular flexibility index (Phi) is 5.91. The molecule has 6 aliphatic rings. The molecule has 4 aliphatic carbocycles. The van der Waals surface area contributed by atoms with E-state index in [0.29, 0.717) is 30.3 Å². The van der Waals surface area contributed by atoms with Gasteiger partial charge >= 0.3 is 0 Å². The first kappa shape index (κ1) is 24.6. The second kappa shape index (κ2) is 8.40. The predicted octanol–water partition coefficient (Wildman–Crippen LogP) is 3.76. The van der Waals surface area contributed by atoms with Gasteiger partial charge in [0.25, 0.3) is 0 Å². The molecule has 0 aromatic carbocycles. The van der Waals surface area contributed by atoms with Gasteiger partial charge in [-0.1, -0.05) is 13.8 Å². The zero-order valence-electron chi connectivity index (χ0n) is 22.3. The summed E-state index contributed by atoms with van der Waals surface area (Å²) in [5.74, 6) is 2.51. The van der Waals surface area contributed by atoms with E-state index in [9.17, 15) is 5.11 Å². The van der Waals surface area contributed by atoms with Crippen LogP contribution in [0, 0.1) is 40.4 Å². The lowest BCUT2D eigenvalue weighted by Gasteiger charge is -2.64. The number of hydrogen-bond donors (Lipinski definition) is 1. The quantitative estimate of drug-likeness (QED) is 0.642. The van der Waals surface area contributed by atoms with Gasteiger partial charge in [-0.25, -0.2) is 0 Å². The molecular formula is C28H45NO6. The van der Waals surface area contributed by atoms with Crippen molar-refractivity contribution >= 4 is 0 Å². The minimum absolute atomic E-state index is 0.0678. The molecule has 0 aromatic heterocycles. The second-order valence-corrected chi connectivity index (χ2v) is 13.0. The Hall–Kier alpha value is -0.700. The summed E-state index contributed by atoms with van der Waals surface area (Å²) in [5.41, 5.74) is -0.709. The van der Waals surface area contributed by atoms with E-state index in [2.05, 4.69) is 45.8 Å². The van der Waals surface area contributed by atoms with Crippen molar-refractivity contribution < 1.29 is 28.8 Å². The first-order valence-electron chi connectivity index (χ1n) is 13.9. The van der Waals surface area contributed by atoms with Crippen molar-refractivity contribution in [2.24, 2.45) is 40.4 Å². The number of ether oxygens (including phenoxy) is 5. The summed E-state index contributed by atoms with van der Waals surface area (Å²) >= 11 is 0. The molecular weight excluding hydrogens is 446 g/mol. The third kappa shape index (κ3) is 3.24. The van der Waals surface area contributed by atoms with Crippen molar-refractivity contribution in [3.8, 4) is 0 Å². The molecule has 7 heteroatoms. The molecule has 2 aliphatic heterocycles. The lowest BCUT2D eigenvalue weighted by Crippen LogP contribution is -2.67. The van der Waals surface area contributed by atoms with E-state index in [4.69, 9.17) is 23.7 Å². The summed E-state index contributed by atoms with van der Waals surface area (Å²) in [6, 6.07) is 0. The fourth-order valence-electron chi connectivity index (χ4n) is 10.1. The van der Waals surface area contributed by atoms with Crippen LogP contribution < -0.4 is 0 Å². The van der Waals surface area contributed by atoms with E-state index in [0.717, 1.165) is 57.4 Å². The number of fused-ring (bicyclic) bond motifs is 7. The van der Waals surface area contributed by atoms with Crippen LogP contribution in [0.5, 0.6) is 0 Å². The van der Waals surface area contributed by atoms with Gasteiger partial charge in [0.15, 0.2) is 13.6 Å². The molecule has 2 heterocycles. The van der Waals surface area contributed by atoms with Gasteiger partial charge in [0.1, 0.15) is 12.2 Å². The highest BCUT2D eigenvalue weighted by Gasteiger charge is 2.77. The monoisotopic (exact) mass is 491 g/mol. The normalized spacial score (nSPS) is 53.1. The number of nitrogens with zero attached hydrogens (tertiary/aromatic N) is 1. The molecule has 0 radical (unpaired) electrons.